The van der Waals surface area contributed by atoms with Gasteiger partial charge in [-0.2, -0.15) is 0 Å². The van der Waals surface area contributed by atoms with Crippen molar-refractivity contribution in [1.29, 1.82) is 0 Å². The van der Waals surface area contributed by atoms with E-state index in [0.29, 0.717) is 13.0 Å². The van der Waals surface area contributed by atoms with Gasteiger partial charge < -0.3 is 10.4 Å². The number of hydrogen-bond acceptors (Lipinski definition) is 5. The van der Waals surface area contributed by atoms with E-state index in [1.54, 1.807) is 17.5 Å². The van der Waals surface area contributed by atoms with Crippen molar-refractivity contribution >= 4 is 17.2 Å². The molecule has 24 heavy (non-hydrogen) atoms. The molecule has 0 saturated heterocycles. The van der Waals surface area contributed by atoms with Crippen molar-refractivity contribution < 1.29 is 9.90 Å². The number of rotatable bonds is 7. The summed E-state index contributed by atoms with van der Waals surface area (Å²) in [5, 5.41) is 15.4. The molecule has 0 aliphatic carbocycles. The predicted octanol–water partition coefficient (Wildman–Crippen LogP) is 2.35. The zero-order valence-corrected chi connectivity index (χ0v) is 15.3. The number of nitrogens with zero attached hydrogens (tertiary/aromatic N) is 2. The number of carbonyl (C=O) groups excluding carboxylic acids is 1. The summed E-state index contributed by atoms with van der Waals surface area (Å²) in [6.45, 7) is 6.78. The molecule has 2 rings (SSSR count). The smallest absolute Gasteiger partial charge is 0.226 e. The number of carbonyl (C=O) groups is 1. The molecule has 0 fully saturated rings. The maximum atomic E-state index is 12.1. The number of aromatic nitrogens is 2. The van der Waals surface area contributed by atoms with Gasteiger partial charge in [0.2, 0.25) is 5.91 Å². The molecule has 0 bridgehead atoms. The van der Waals surface area contributed by atoms with Gasteiger partial charge in [0.05, 0.1) is 17.1 Å². The number of nitrogens with one attached hydrogen (secondary N) is 1. The SMILES string of the molecule is CC(C)(C)c1nc(CC(=O)NCC(CO)Cc2ccccn2)cs1. The largest absolute Gasteiger partial charge is 0.396 e. The first-order valence-corrected chi connectivity index (χ1v) is 8.99. The van der Waals surface area contributed by atoms with Gasteiger partial charge in [-0.05, 0) is 18.6 Å². The number of aliphatic hydroxyl groups excluding tert-OH is 1. The Morgan fingerprint density at radius 1 is 1.33 bits per heavy atom. The summed E-state index contributed by atoms with van der Waals surface area (Å²) in [5.74, 6) is -0.107. The maximum Gasteiger partial charge on any atom is 0.226 e. The number of thiazole rings is 1. The van der Waals surface area contributed by atoms with Crippen LogP contribution in [0.1, 0.15) is 37.2 Å². The minimum absolute atomic E-state index is 0.00403. The first-order chi connectivity index (χ1) is 11.4. The van der Waals surface area contributed by atoms with Crippen LogP contribution in [0.4, 0.5) is 0 Å². The van der Waals surface area contributed by atoms with Gasteiger partial charge in [0.15, 0.2) is 0 Å². The molecule has 130 valence electrons. The second kappa shape index (κ2) is 8.35. The molecule has 0 aliphatic heterocycles. The van der Waals surface area contributed by atoms with Crippen molar-refractivity contribution in [2.75, 3.05) is 13.2 Å². The van der Waals surface area contributed by atoms with Gasteiger partial charge >= 0.3 is 0 Å². The zero-order valence-electron chi connectivity index (χ0n) is 14.5. The van der Waals surface area contributed by atoms with Gasteiger partial charge in [0, 0.05) is 41.8 Å². The van der Waals surface area contributed by atoms with E-state index in [-0.39, 0.29) is 30.3 Å². The van der Waals surface area contributed by atoms with Crippen LogP contribution < -0.4 is 5.32 Å². The van der Waals surface area contributed by atoms with Gasteiger partial charge in [-0.3, -0.25) is 9.78 Å². The Kier molecular flexibility index (Phi) is 6.45. The topological polar surface area (TPSA) is 75.1 Å². The lowest BCUT2D eigenvalue weighted by molar-refractivity contribution is -0.120. The second-order valence-electron chi connectivity index (χ2n) is 6.95. The van der Waals surface area contributed by atoms with Crippen LogP contribution in [0, 0.1) is 5.92 Å². The molecule has 1 amide bonds. The molecule has 2 heterocycles. The molecule has 1 atom stereocenters. The number of hydrogen-bond donors (Lipinski definition) is 2. The van der Waals surface area contributed by atoms with Gasteiger partial charge in [-0.15, -0.1) is 11.3 Å². The van der Waals surface area contributed by atoms with Crippen molar-refractivity contribution in [3.8, 4) is 0 Å². The highest BCUT2D eigenvalue weighted by atomic mass is 32.1. The number of pyridine rings is 1. The molecule has 0 radical (unpaired) electrons. The van der Waals surface area contributed by atoms with Crippen LogP contribution in [0.2, 0.25) is 0 Å². The monoisotopic (exact) mass is 347 g/mol. The number of aliphatic hydroxyl groups is 1. The van der Waals surface area contributed by atoms with Crippen molar-refractivity contribution in [3.05, 3.63) is 46.2 Å². The van der Waals surface area contributed by atoms with E-state index in [2.05, 4.69) is 36.1 Å². The molecule has 2 aromatic rings. The molecule has 2 N–H and O–H groups in total. The highest BCUT2D eigenvalue weighted by molar-refractivity contribution is 7.09. The average Bonchev–Trinajstić information content (AvgIpc) is 3.01. The first kappa shape index (κ1) is 18.5. The van der Waals surface area contributed by atoms with Crippen LogP contribution in [0.25, 0.3) is 0 Å². The van der Waals surface area contributed by atoms with E-state index in [1.807, 2.05) is 23.6 Å². The predicted molar refractivity (Wildman–Crippen MR) is 96.0 cm³/mol. The molecule has 1 unspecified atom stereocenters. The Hall–Kier alpha value is -1.79. The zero-order chi connectivity index (χ0) is 17.6. The van der Waals surface area contributed by atoms with Crippen molar-refractivity contribution in [1.82, 2.24) is 15.3 Å². The van der Waals surface area contributed by atoms with E-state index in [0.717, 1.165) is 16.4 Å². The fraction of sp³-hybridized carbons (Fsp3) is 0.500. The lowest BCUT2D eigenvalue weighted by Crippen LogP contribution is -2.33. The van der Waals surface area contributed by atoms with E-state index in [1.165, 1.54) is 0 Å². The molecule has 0 spiro atoms. The fourth-order valence-corrected chi connectivity index (χ4v) is 3.14. The van der Waals surface area contributed by atoms with Crippen LogP contribution in [-0.4, -0.2) is 34.1 Å². The van der Waals surface area contributed by atoms with E-state index < -0.39 is 0 Å². The second-order valence-corrected chi connectivity index (χ2v) is 7.81. The standard InChI is InChI=1S/C18H25N3O2S/c1-18(2,3)17-21-15(12-24-17)9-16(23)20-10-13(11-22)8-14-6-4-5-7-19-14/h4-7,12-13,22H,8-11H2,1-3H3,(H,20,23). The van der Waals surface area contributed by atoms with Crippen LogP contribution >= 0.6 is 11.3 Å². The van der Waals surface area contributed by atoms with Crippen LogP contribution in [0.15, 0.2) is 29.8 Å². The Morgan fingerprint density at radius 3 is 2.71 bits per heavy atom. The van der Waals surface area contributed by atoms with E-state index >= 15 is 0 Å². The van der Waals surface area contributed by atoms with Gasteiger partial charge in [0.1, 0.15) is 0 Å². The summed E-state index contributed by atoms with van der Waals surface area (Å²) in [6.07, 6.45) is 2.65. The Bertz CT molecular complexity index is 650. The molecule has 0 saturated carbocycles. The summed E-state index contributed by atoms with van der Waals surface area (Å²) in [6, 6.07) is 5.71. The maximum absolute atomic E-state index is 12.1. The fourth-order valence-electron chi connectivity index (χ4n) is 2.23. The molecule has 0 aromatic carbocycles. The summed E-state index contributed by atoms with van der Waals surface area (Å²) in [7, 11) is 0. The van der Waals surface area contributed by atoms with E-state index in [9.17, 15) is 9.90 Å². The Labute approximate surface area is 147 Å². The summed E-state index contributed by atoms with van der Waals surface area (Å²) >= 11 is 1.59. The van der Waals surface area contributed by atoms with Gasteiger partial charge in [0.25, 0.3) is 0 Å². The van der Waals surface area contributed by atoms with Crippen molar-refractivity contribution in [2.24, 2.45) is 5.92 Å². The quantitative estimate of drug-likeness (QED) is 0.806. The lowest BCUT2D eigenvalue weighted by Gasteiger charge is -2.15. The normalized spacial score (nSPS) is 12.8. The average molecular weight is 347 g/mol. The molecule has 2 aromatic heterocycles. The molecular formula is C18H25N3O2S. The van der Waals surface area contributed by atoms with Crippen LogP contribution in [0.5, 0.6) is 0 Å². The minimum Gasteiger partial charge on any atom is -0.396 e. The summed E-state index contributed by atoms with van der Waals surface area (Å²) in [5.41, 5.74) is 1.72. The highest BCUT2D eigenvalue weighted by Crippen LogP contribution is 2.25. The molecule has 6 heteroatoms. The van der Waals surface area contributed by atoms with Crippen molar-refractivity contribution in [3.63, 3.8) is 0 Å². The van der Waals surface area contributed by atoms with Gasteiger partial charge in [-0.1, -0.05) is 26.8 Å². The molecular weight excluding hydrogens is 322 g/mol. The Balaban J connectivity index is 1.82. The van der Waals surface area contributed by atoms with Crippen molar-refractivity contribution in [2.45, 2.75) is 39.0 Å². The third-order valence-corrected chi connectivity index (χ3v) is 4.92. The van der Waals surface area contributed by atoms with Gasteiger partial charge in [-0.25, -0.2) is 4.98 Å². The summed E-state index contributed by atoms with van der Waals surface area (Å²) in [4.78, 5) is 20.9. The van der Waals surface area contributed by atoms with E-state index in [4.69, 9.17) is 0 Å². The van der Waals surface area contributed by atoms with Crippen LogP contribution in [0.3, 0.4) is 0 Å². The third-order valence-electron chi connectivity index (χ3n) is 3.61. The van der Waals surface area contributed by atoms with Crippen LogP contribution in [-0.2, 0) is 23.1 Å². The molecule has 5 nitrogen and oxygen atoms in total. The number of amides is 1. The minimum atomic E-state index is -0.0692. The molecule has 0 aliphatic rings. The third kappa shape index (κ3) is 5.69. The summed E-state index contributed by atoms with van der Waals surface area (Å²) < 4.78 is 0. The first-order valence-electron chi connectivity index (χ1n) is 8.11. The lowest BCUT2D eigenvalue weighted by atomic mass is 9.98. The highest BCUT2D eigenvalue weighted by Gasteiger charge is 2.19. The Morgan fingerprint density at radius 2 is 2.12 bits per heavy atom.